The summed E-state index contributed by atoms with van der Waals surface area (Å²) in [6.07, 6.45) is 6.49. The third-order valence-corrected chi connectivity index (χ3v) is 8.32. The molecule has 0 aliphatic carbocycles. The van der Waals surface area contributed by atoms with E-state index in [4.69, 9.17) is 9.51 Å². The van der Waals surface area contributed by atoms with Crippen molar-refractivity contribution in [3.63, 3.8) is 0 Å². The molecule has 3 fully saturated rings. The highest BCUT2D eigenvalue weighted by Crippen LogP contribution is 2.45. The van der Waals surface area contributed by atoms with Gasteiger partial charge in [-0.1, -0.05) is 26.0 Å². The number of aromatic nitrogens is 4. The quantitative estimate of drug-likeness (QED) is 0.551. The summed E-state index contributed by atoms with van der Waals surface area (Å²) >= 11 is 0. The zero-order chi connectivity index (χ0) is 24.3. The molecule has 3 aliphatic heterocycles. The number of halogens is 1. The number of carbonyl (C=O) groups is 1. The summed E-state index contributed by atoms with van der Waals surface area (Å²) in [5, 5.41) is 9.68. The van der Waals surface area contributed by atoms with Crippen molar-refractivity contribution in [1.29, 1.82) is 0 Å². The van der Waals surface area contributed by atoms with Crippen molar-refractivity contribution in [3.8, 4) is 5.95 Å². The minimum Gasteiger partial charge on any atom is -0.343 e. The van der Waals surface area contributed by atoms with E-state index in [-0.39, 0.29) is 23.6 Å². The fourth-order valence-corrected chi connectivity index (χ4v) is 6.69. The second kappa shape index (κ2) is 8.69. The van der Waals surface area contributed by atoms with Crippen LogP contribution in [0.4, 0.5) is 4.39 Å². The van der Waals surface area contributed by atoms with Gasteiger partial charge in [0.2, 0.25) is 11.8 Å². The smallest absolute Gasteiger partial charge is 0.291 e. The van der Waals surface area contributed by atoms with Crippen LogP contribution in [0.3, 0.4) is 0 Å². The van der Waals surface area contributed by atoms with E-state index in [9.17, 15) is 9.18 Å². The predicted molar refractivity (Wildman–Crippen MR) is 129 cm³/mol. The number of hydrogen-bond donors (Lipinski definition) is 0. The normalized spacial score (nSPS) is 25.7. The summed E-state index contributed by atoms with van der Waals surface area (Å²) in [7, 11) is 0. The van der Waals surface area contributed by atoms with E-state index >= 15 is 0 Å². The third kappa shape index (κ3) is 3.84. The van der Waals surface area contributed by atoms with Crippen molar-refractivity contribution in [1.82, 2.24) is 29.7 Å². The van der Waals surface area contributed by atoms with Crippen molar-refractivity contribution < 1.29 is 13.7 Å². The van der Waals surface area contributed by atoms with Crippen molar-refractivity contribution >= 4 is 16.8 Å². The Morgan fingerprint density at radius 1 is 1.09 bits per heavy atom. The number of likely N-dealkylation sites (tertiary alicyclic amines) is 1. The van der Waals surface area contributed by atoms with E-state index in [2.05, 4.69) is 15.2 Å². The first-order chi connectivity index (χ1) is 16.9. The zero-order valence-corrected chi connectivity index (χ0v) is 20.7. The number of amides is 1. The summed E-state index contributed by atoms with van der Waals surface area (Å²) in [4.78, 5) is 21.1. The van der Waals surface area contributed by atoms with Crippen LogP contribution >= 0.6 is 0 Å². The Morgan fingerprint density at radius 3 is 2.46 bits per heavy atom. The van der Waals surface area contributed by atoms with Crippen LogP contribution in [-0.4, -0.2) is 66.8 Å². The van der Waals surface area contributed by atoms with Gasteiger partial charge in [0, 0.05) is 49.4 Å². The van der Waals surface area contributed by atoms with Gasteiger partial charge in [0.25, 0.3) is 5.95 Å². The lowest BCUT2D eigenvalue weighted by atomic mass is 9.87. The van der Waals surface area contributed by atoms with Crippen molar-refractivity contribution in [2.24, 2.45) is 0 Å². The minimum absolute atomic E-state index is 0.147. The molecule has 6 rings (SSSR count). The van der Waals surface area contributed by atoms with E-state index < -0.39 is 0 Å². The average Bonchev–Trinajstić information content (AvgIpc) is 3.54. The van der Waals surface area contributed by atoms with Gasteiger partial charge in [-0.15, -0.1) is 0 Å². The molecule has 35 heavy (non-hydrogen) atoms. The standard InChI is InChI=1S/C26H33FN6O2/c1-15(2)23-21-5-4-6-22(27)24(21)33(29-23)26-28-25(35-30-26)17-13-19-7-8-20(14-17)32(19)18-9-11-31(12-10-18)16(3)34/h4-6,15,17-20H,7-14H2,1-3H3. The number of nitrogens with zero attached hydrogens (tertiary/aromatic N) is 6. The van der Waals surface area contributed by atoms with E-state index in [1.807, 2.05) is 24.8 Å². The number of para-hydroxylation sites is 1. The number of hydrogen-bond acceptors (Lipinski definition) is 6. The van der Waals surface area contributed by atoms with Gasteiger partial charge in [-0.05, 0) is 55.7 Å². The Labute approximate surface area is 204 Å². The summed E-state index contributed by atoms with van der Waals surface area (Å²) < 4.78 is 22.1. The number of fused-ring (bicyclic) bond motifs is 3. The Morgan fingerprint density at radius 2 is 1.80 bits per heavy atom. The zero-order valence-electron chi connectivity index (χ0n) is 20.7. The second-order valence-electron chi connectivity index (χ2n) is 10.8. The number of carbonyl (C=O) groups excluding carboxylic acids is 1. The predicted octanol–water partition coefficient (Wildman–Crippen LogP) is 4.39. The maximum Gasteiger partial charge on any atom is 0.291 e. The highest BCUT2D eigenvalue weighted by molar-refractivity contribution is 5.84. The molecule has 8 nitrogen and oxygen atoms in total. The molecule has 1 aromatic carbocycles. The molecule has 1 amide bonds. The molecule has 5 heterocycles. The van der Waals surface area contributed by atoms with Gasteiger partial charge >= 0.3 is 0 Å². The number of rotatable bonds is 4. The van der Waals surface area contributed by atoms with Crippen LogP contribution in [0.1, 0.15) is 82.7 Å². The molecule has 3 aromatic rings. The minimum atomic E-state index is -0.338. The Balaban J connectivity index is 1.22. The van der Waals surface area contributed by atoms with Gasteiger partial charge in [0.05, 0.1) is 5.69 Å². The Hall–Kier alpha value is -2.81. The summed E-state index contributed by atoms with van der Waals surface area (Å²) in [5.74, 6) is 1.13. The van der Waals surface area contributed by atoms with Crippen LogP contribution in [0, 0.1) is 5.82 Å². The first-order valence-electron chi connectivity index (χ1n) is 12.9. The average molecular weight is 481 g/mol. The van der Waals surface area contributed by atoms with E-state index in [1.165, 1.54) is 23.6 Å². The van der Waals surface area contributed by atoms with Crippen molar-refractivity contribution in [2.45, 2.75) is 89.3 Å². The molecular formula is C26H33FN6O2. The molecule has 2 unspecified atom stereocenters. The van der Waals surface area contributed by atoms with Gasteiger partial charge < -0.3 is 9.42 Å². The molecule has 0 radical (unpaired) electrons. The molecule has 2 bridgehead atoms. The maximum absolute atomic E-state index is 14.8. The Kier molecular flexibility index (Phi) is 5.62. The summed E-state index contributed by atoms with van der Waals surface area (Å²) in [6.45, 7) is 7.48. The molecule has 2 aromatic heterocycles. The van der Waals surface area contributed by atoms with Crippen LogP contribution in [0.5, 0.6) is 0 Å². The fourth-order valence-electron chi connectivity index (χ4n) is 6.69. The first-order valence-corrected chi connectivity index (χ1v) is 12.9. The molecule has 9 heteroatoms. The molecular weight excluding hydrogens is 447 g/mol. The molecule has 0 spiro atoms. The van der Waals surface area contributed by atoms with Gasteiger partial charge in [0.1, 0.15) is 11.3 Å². The molecule has 0 saturated carbocycles. The SMILES string of the molecule is CC(=O)N1CCC(N2C3CCC2CC(c2nc(-n4nc(C(C)C)c5cccc(F)c54)no2)C3)CC1. The summed E-state index contributed by atoms with van der Waals surface area (Å²) in [6, 6.07) is 6.63. The summed E-state index contributed by atoms with van der Waals surface area (Å²) in [5.41, 5.74) is 1.23. The highest BCUT2D eigenvalue weighted by atomic mass is 19.1. The molecule has 3 aliphatic rings. The number of piperidine rings is 2. The van der Waals surface area contributed by atoms with Gasteiger partial charge in [-0.3, -0.25) is 9.69 Å². The van der Waals surface area contributed by atoms with Crippen LogP contribution in [0.25, 0.3) is 16.9 Å². The number of benzene rings is 1. The molecule has 186 valence electrons. The fraction of sp³-hybridized carbons (Fsp3) is 0.615. The lowest BCUT2D eigenvalue weighted by Crippen LogP contribution is -2.52. The third-order valence-electron chi connectivity index (χ3n) is 8.32. The van der Waals surface area contributed by atoms with E-state index in [1.54, 1.807) is 13.0 Å². The molecule has 3 saturated heterocycles. The van der Waals surface area contributed by atoms with Crippen LogP contribution in [-0.2, 0) is 4.79 Å². The van der Waals surface area contributed by atoms with Crippen molar-refractivity contribution in [3.05, 3.63) is 35.6 Å². The first kappa shape index (κ1) is 22.6. The monoisotopic (exact) mass is 480 g/mol. The lowest BCUT2D eigenvalue weighted by molar-refractivity contribution is -0.130. The van der Waals surface area contributed by atoms with Crippen LogP contribution in [0.2, 0.25) is 0 Å². The lowest BCUT2D eigenvalue weighted by Gasteiger charge is -2.45. The Bertz CT molecular complexity index is 1230. The van der Waals surface area contributed by atoms with E-state index in [0.717, 1.165) is 49.9 Å². The van der Waals surface area contributed by atoms with Crippen LogP contribution in [0.15, 0.2) is 22.7 Å². The molecule has 2 atom stereocenters. The highest BCUT2D eigenvalue weighted by Gasteiger charge is 2.46. The van der Waals surface area contributed by atoms with Gasteiger partial charge in [-0.25, -0.2) is 4.39 Å². The van der Waals surface area contributed by atoms with Gasteiger partial charge in [0.15, 0.2) is 0 Å². The topological polar surface area (TPSA) is 80.3 Å². The maximum atomic E-state index is 14.8. The second-order valence-corrected chi connectivity index (χ2v) is 10.8. The van der Waals surface area contributed by atoms with E-state index in [0.29, 0.717) is 35.5 Å². The largest absolute Gasteiger partial charge is 0.343 e. The molecule has 0 N–H and O–H groups in total. The van der Waals surface area contributed by atoms with Gasteiger partial charge in [-0.2, -0.15) is 14.8 Å². The van der Waals surface area contributed by atoms with Crippen molar-refractivity contribution in [2.75, 3.05) is 13.1 Å². The van der Waals surface area contributed by atoms with Crippen LogP contribution < -0.4 is 0 Å².